The maximum Gasteiger partial charge on any atom is 0.00106 e. The van der Waals surface area contributed by atoms with Gasteiger partial charge in [0.1, 0.15) is 0 Å². The van der Waals surface area contributed by atoms with Gasteiger partial charge in [0.15, 0.2) is 0 Å². The molecule has 1 aliphatic rings. The monoisotopic (exact) mass is 239 g/mol. The minimum absolute atomic E-state index is 0.624. The minimum Gasteiger partial charge on any atom is -0.314 e. The highest BCUT2D eigenvalue weighted by Gasteiger charge is 2.33. The molecule has 17 heavy (non-hydrogen) atoms. The first-order valence-electron chi connectivity index (χ1n) is 7.85. The highest BCUT2D eigenvalue weighted by Crippen LogP contribution is 2.42. The predicted molar refractivity (Wildman–Crippen MR) is 77.3 cm³/mol. The quantitative estimate of drug-likeness (QED) is 0.675. The van der Waals surface area contributed by atoms with Crippen LogP contribution in [0.3, 0.4) is 0 Å². The molecule has 0 aromatic rings. The number of rotatable bonds is 7. The predicted octanol–water partition coefficient (Wildman–Crippen LogP) is 4.76. The molecule has 0 radical (unpaired) electrons. The minimum atomic E-state index is 0.624. The Morgan fingerprint density at radius 2 is 1.59 bits per heavy atom. The second-order valence-electron chi connectivity index (χ2n) is 6.48. The first-order chi connectivity index (χ1) is 8.12. The molecule has 1 fully saturated rings. The summed E-state index contributed by atoms with van der Waals surface area (Å²) >= 11 is 0. The summed E-state index contributed by atoms with van der Waals surface area (Å²) in [6, 6.07) is 0.635. The fourth-order valence-corrected chi connectivity index (χ4v) is 3.37. The Bertz CT molecular complexity index is 188. The van der Waals surface area contributed by atoms with Crippen molar-refractivity contribution in [1.29, 1.82) is 0 Å². The molecule has 1 N–H and O–H groups in total. The molecule has 0 unspecified atom stereocenters. The number of nitrogens with one attached hydrogen (secondary N) is 1. The molecule has 0 bridgehead atoms. The van der Waals surface area contributed by atoms with Crippen LogP contribution in [0, 0.1) is 11.3 Å². The van der Waals surface area contributed by atoms with E-state index in [4.69, 9.17) is 0 Å². The third-order valence-electron chi connectivity index (χ3n) is 4.68. The normalized spacial score (nSPS) is 20.1. The molecule has 1 nitrogen and oxygen atoms in total. The average molecular weight is 239 g/mol. The topological polar surface area (TPSA) is 12.0 Å². The molecule has 1 heteroatoms. The second kappa shape index (κ2) is 7.41. The zero-order chi connectivity index (χ0) is 12.7. The van der Waals surface area contributed by atoms with Crippen LogP contribution in [-0.4, -0.2) is 12.6 Å². The average Bonchev–Trinajstić information content (AvgIpc) is 2.35. The van der Waals surface area contributed by atoms with E-state index in [1.165, 1.54) is 57.9 Å². The molecule has 0 aromatic carbocycles. The van der Waals surface area contributed by atoms with Gasteiger partial charge in [-0.25, -0.2) is 0 Å². The Labute approximate surface area is 109 Å². The van der Waals surface area contributed by atoms with E-state index in [2.05, 4.69) is 33.0 Å². The zero-order valence-corrected chi connectivity index (χ0v) is 12.5. The second-order valence-corrected chi connectivity index (χ2v) is 6.48. The van der Waals surface area contributed by atoms with Crippen molar-refractivity contribution < 1.29 is 0 Å². The van der Waals surface area contributed by atoms with Gasteiger partial charge in [-0.2, -0.15) is 0 Å². The van der Waals surface area contributed by atoms with Crippen molar-refractivity contribution >= 4 is 0 Å². The summed E-state index contributed by atoms with van der Waals surface area (Å²) < 4.78 is 0. The first kappa shape index (κ1) is 15.0. The summed E-state index contributed by atoms with van der Waals surface area (Å²) in [4.78, 5) is 0. The van der Waals surface area contributed by atoms with E-state index in [0.717, 1.165) is 5.92 Å². The van der Waals surface area contributed by atoms with Crippen LogP contribution in [0.25, 0.3) is 0 Å². The van der Waals surface area contributed by atoms with Gasteiger partial charge in [0.2, 0.25) is 0 Å². The van der Waals surface area contributed by atoms with Crippen LogP contribution < -0.4 is 5.32 Å². The number of hydrogen-bond donors (Lipinski definition) is 1. The molecule has 0 saturated heterocycles. The van der Waals surface area contributed by atoms with Gasteiger partial charge in [0, 0.05) is 12.6 Å². The summed E-state index contributed by atoms with van der Waals surface area (Å²) in [5, 5.41) is 3.71. The van der Waals surface area contributed by atoms with E-state index in [0.29, 0.717) is 11.5 Å². The van der Waals surface area contributed by atoms with Crippen LogP contribution in [-0.2, 0) is 0 Å². The van der Waals surface area contributed by atoms with Crippen LogP contribution in [0.1, 0.15) is 79.1 Å². The molecule has 0 amide bonds. The summed E-state index contributed by atoms with van der Waals surface area (Å²) in [6.45, 7) is 10.5. The molecule has 0 aliphatic heterocycles. The lowest BCUT2D eigenvalue weighted by Crippen LogP contribution is -2.40. The summed E-state index contributed by atoms with van der Waals surface area (Å²) in [6.07, 6.45) is 11.5. The third-order valence-corrected chi connectivity index (χ3v) is 4.68. The smallest absolute Gasteiger partial charge is 0.00106 e. The molecule has 102 valence electrons. The Kier molecular flexibility index (Phi) is 6.54. The standard InChI is InChI=1S/C16H33N/c1-5-15(6-2)12-16(13-17-14(3)4)10-8-7-9-11-16/h14-15,17H,5-13H2,1-4H3. The first-order valence-corrected chi connectivity index (χ1v) is 7.85. The summed E-state index contributed by atoms with van der Waals surface area (Å²) in [7, 11) is 0. The molecule has 0 atom stereocenters. The van der Waals surface area contributed by atoms with Crippen molar-refractivity contribution in [2.24, 2.45) is 11.3 Å². The van der Waals surface area contributed by atoms with Gasteiger partial charge in [-0.05, 0) is 30.6 Å². The maximum atomic E-state index is 3.71. The molecular formula is C16H33N. The lowest BCUT2D eigenvalue weighted by Gasteiger charge is -2.40. The van der Waals surface area contributed by atoms with Crippen molar-refractivity contribution in [3.63, 3.8) is 0 Å². The van der Waals surface area contributed by atoms with Crippen molar-refractivity contribution in [2.75, 3.05) is 6.54 Å². The fourth-order valence-electron chi connectivity index (χ4n) is 3.37. The highest BCUT2D eigenvalue weighted by atomic mass is 14.9. The Morgan fingerprint density at radius 1 is 1.00 bits per heavy atom. The molecule has 0 spiro atoms. The molecule has 0 aromatic heterocycles. The molecule has 1 rings (SSSR count). The van der Waals surface area contributed by atoms with Gasteiger partial charge in [0.25, 0.3) is 0 Å². The fraction of sp³-hybridized carbons (Fsp3) is 1.00. The largest absolute Gasteiger partial charge is 0.314 e. The highest BCUT2D eigenvalue weighted by molar-refractivity contribution is 4.87. The van der Waals surface area contributed by atoms with E-state index in [1.54, 1.807) is 0 Å². The van der Waals surface area contributed by atoms with Gasteiger partial charge in [-0.1, -0.05) is 59.8 Å². The van der Waals surface area contributed by atoms with Gasteiger partial charge < -0.3 is 5.32 Å². The van der Waals surface area contributed by atoms with Crippen molar-refractivity contribution in [1.82, 2.24) is 5.32 Å². The summed E-state index contributed by atoms with van der Waals surface area (Å²) in [5.74, 6) is 0.946. The molecular weight excluding hydrogens is 206 g/mol. The SMILES string of the molecule is CCC(CC)CC1(CNC(C)C)CCCCC1. The van der Waals surface area contributed by atoms with Crippen molar-refractivity contribution in [3.05, 3.63) is 0 Å². The van der Waals surface area contributed by atoms with Crippen LogP contribution in [0.5, 0.6) is 0 Å². The van der Waals surface area contributed by atoms with Crippen molar-refractivity contribution in [2.45, 2.75) is 85.1 Å². The molecule has 1 saturated carbocycles. The Balaban J connectivity index is 2.57. The van der Waals surface area contributed by atoms with E-state index in [-0.39, 0.29) is 0 Å². The van der Waals surface area contributed by atoms with Gasteiger partial charge in [-0.15, -0.1) is 0 Å². The van der Waals surface area contributed by atoms with E-state index in [1.807, 2.05) is 0 Å². The lowest BCUT2D eigenvalue weighted by molar-refractivity contribution is 0.130. The Hall–Kier alpha value is -0.0400. The van der Waals surface area contributed by atoms with Crippen molar-refractivity contribution in [3.8, 4) is 0 Å². The number of hydrogen-bond acceptors (Lipinski definition) is 1. The van der Waals surface area contributed by atoms with E-state index in [9.17, 15) is 0 Å². The van der Waals surface area contributed by atoms with Crippen LogP contribution in [0.4, 0.5) is 0 Å². The van der Waals surface area contributed by atoms with E-state index >= 15 is 0 Å². The van der Waals surface area contributed by atoms with Crippen LogP contribution in [0.2, 0.25) is 0 Å². The van der Waals surface area contributed by atoms with Crippen LogP contribution >= 0.6 is 0 Å². The molecule has 1 aliphatic carbocycles. The summed E-state index contributed by atoms with van der Waals surface area (Å²) in [5.41, 5.74) is 0.624. The maximum absolute atomic E-state index is 3.71. The lowest BCUT2D eigenvalue weighted by atomic mass is 9.68. The van der Waals surface area contributed by atoms with E-state index < -0.39 is 0 Å². The zero-order valence-electron chi connectivity index (χ0n) is 12.5. The van der Waals surface area contributed by atoms with Gasteiger partial charge >= 0.3 is 0 Å². The molecule has 0 heterocycles. The van der Waals surface area contributed by atoms with Crippen LogP contribution in [0.15, 0.2) is 0 Å². The Morgan fingerprint density at radius 3 is 2.06 bits per heavy atom. The van der Waals surface area contributed by atoms with Gasteiger partial charge in [0.05, 0.1) is 0 Å². The third kappa shape index (κ3) is 4.99. The van der Waals surface area contributed by atoms with Gasteiger partial charge in [-0.3, -0.25) is 0 Å².